The third-order valence-electron chi connectivity index (χ3n) is 1.75. The topological polar surface area (TPSA) is 76.9 Å². The zero-order valence-electron chi connectivity index (χ0n) is 8.60. The highest BCUT2D eigenvalue weighted by atomic mass is 32.2. The molecule has 0 amide bonds. The SMILES string of the molecule is CCC(C)S(=O)(=O)[O-].C[n+]1cc[nH]c1. The Labute approximate surface area is 84.5 Å². The van der Waals surface area contributed by atoms with Crippen LogP contribution in [0, 0.1) is 0 Å². The van der Waals surface area contributed by atoms with Crippen molar-refractivity contribution in [3.05, 3.63) is 18.7 Å². The van der Waals surface area contributed by atoms with Crippen LogP contribution >= 0.6 is 0 Å². The highest BCUT2D eigenvalue weighted by molar-refractivity contribution is 7.86. The van der Waals surface area contributed by atoms with Gasteiger partial charge in [0.1, 0.15) is 12.4 Å². The maximum atomic E-state index is 10.0. The van der Waals surface area contributed by atoms with Crippen molar-refractivity contribution in [3.8, 4) is 0 Å². The van der Waals surface area contributed by atoms with Crippen LogP contribution in [0.25, 0.3) is 0 Å². The second kappa shape index (κ2) is 5.77. The molecule has 0 saturated heterocycles. The summed E-state index contributed by atoms with van der Waals surface area (Å²) in [5.41, 5.74) is 0. The molecule has 6 heteroatoms. The third kappa shape index (κ3) is 5.71. The van der Waals surface area contributed by atoms with Crippen LogP contribution in [0.2, 0.25) is 0 Å². The van der Waals surface area contributed by atoms with Crippen molar-refractivity contribution in [1.82, 2.24) is 4.98 Å². The standard InChI is InChI=1S/C4H6N2.C4H10O3S/c1-6-3-2-5-4-6;1-3-4(2)8(5,6)7/h2-4H,1H3;4H,3H2,1-2H3,(H,5,6,7). The van der Waals surface area contributed by atoms with Crippen molar-refractivity contribution in [2.45, 2.75) is 25.5 Å². The van der Waals surface area contributed by atoms with Gasteiger partial charge in [-0.3, -0.25) is 4.98 Å². The fraction of sp³-hybridized carbons (Fsp3) is 0.625. The number of nitrogens with one attached hydrogen (secondary N) is 1. The first-order valence-corrected chi connectivity index (χ1v) is 5.77. The number of rotatable bonds is 2. The van der Waals surface area contributed by atoms with Crippen LogP contribution in [0.5, 0.6) is 0 Å². The molecular formula is C8H16N2O3S. The molecule has 14 heavy (non-hydrogen) atoms. The van der Waals surface area contributed by atoms with E-state index in [1.807, 2.05) is 30.3 Å². The number of hydrogen-bond acceptors (Lipinski definition) is 3. The zero-order valence-corrected chi connectivity index (χ0v) is 9.41. The summed E-state index contributed by atoms with van der Waals surface area (Å²) in [6, 6.07) is 0. The quantitative estimate of drug-likeness (QED) is 0.570. The van der Waals surface area contributed by atoms with Gasteiger partial charge >= 0.3 is 0 Å². The average Bonchev–Trinajstić information content (AvgIpc) is 2.54. The van der Waals surface area contributed by atoms with E-state index >= 15 is 0 Å². The highest BCUT2D eigenvalue weighted by Crippen LogP contribution is 1.99. The number of aromatic amines is 1. The summed E-state index contributed by atoms with van der Waals surface area (Å²) in [7, 11) is -2.03. The number of nitrogens with zero attached hydrogens (tertiary/aromatic N) is 1. The summed E-state index contributed by atoms with van der Waals surface area (Å²) in [6.45, 7) is 3.07. The van der Waals surface area contributed by atoms with Crippen LogP contribution in [0.15, 0.2) is 18.7 Å². The van der Waals surface area contributed by atoms with Crippen LogP contribution in [0.3, 0.4) is 0 Å². The van der Waals surface area contributed by atoms with Gasteiger partial charge in [0.15, 0.2) is 0 Å². The van der Waals surface area contributed by atoms with Crippen LogP contribution in [-0.4, -0.2) is 23.2 Å². The Bertz CT molecular complexity index is 331. The molecule has 0 aliphatic heterocycles. The van der Waals surface area contributed by atoms with Gasteiger partial charge in [0.2, 0.25) is 6.33 Å². The second-order valence-electron chi connectivity index (χ2n) is 2.99. The minimum Gasteiger partial charge on any atom is -0.748 e. The Morgan fingerprint density at radius 1 is 1.57 bits per heavy atom. The zero-order chi connectivity index (χ0) is 11.2. The molecular weight excluding hydrogens is 204 g/mol. The molecule has 0 saturated carbocycles. The van der Waals surface area contributed by atoms with E-state index in [0.717, 1.165) is 0 Å². The van der Waals surface area contributed by atoms with Crippen molar-refractivity contribution in [1.29, 1.82) is 0 Å². The Morgan fingerprint density at radius 3 is 2.21 bits per heavy atom. The molecule has 1 aromatic rings. The van der Waals surface area contributed by atoms with E-state index in [0.29, 0.717) is 6.42 Å². The number of hydrogen-bond donors (Lipinski definition) is 1. The number of H-pyrrole nitrogens is 1. The molecule has 82 valence electrons. The minimum absolute atomic E-state index is 0.395. The minimum atomic E-state index is -4.00. The first kappa shape index (κ1) is 13.1. The molecule has 1 atom stereocenters. The summed E-state index contributed by atoms with van der Waals surface area (Å²) in [5, 5.41) is -0.734. The molecule has 0 spiro atoms. The van der Waals surface area contributed by atoms with Crippen molar-refractivity contribution in [3.63, 3.8) is 0 Å². The third-order valence-corrected chi connectivity index (χ3v) is 3.07. The predicted octanol–water partition coefficient (Wildman–Crippen LogP) is 0.169. The van der Waals surface area contributed by atoms with E-state index in [1.165, 1.54) is 6.92 Å². The first-order chi connectivity index (χ1) is 6.38. The molecule has 1 rings (SSSR count). The van der Waals surface area contributed by atoms with Gasteiger partial charge in [-0.1, -0.05) is 6.92 Å². The number of imidazole rings is 1. The van der Waals surface area contributed by atoms with Gasteiger partial charge in [-0.2, -0.15) is 0 Å². The van der Waals surface area contributed by atoms with Crippen LogP contribution in [-0.2, 0) is 17.2 Å². The normalized spacial score (nSPS) is 12.9. The largest absolute Gasteiger partial charge is 0.748 e. The maximum absolute atomic E-state index is 10.0. The molecule has 1 heterocycles. The van der Waals surface area contributed by atoms with Crippen molar-refractivity contribution in [2.24, 2.45) is 7.05 Å². The number of aromatic nitrogens is 2. The van der Waals surface area contributed by atoms with Gasteiger partial charge in [0.05, 0.1) is 17.2 Å². The molecule has 0 aliphatic rings. The summed E-state index contributed by atoms with van der Waals surface area (Å²) >= 11 is 0. The van der Waals surface area contributed by atoms with E-state index in [1.54, 1.807) is 6.92 Å². The lowest BCUT2D eigenvalue weighted by atomic mass is 10.4. The van der Waals surface area contributed by atoms with E-state index in [-0.39, 0.29) is 0 Å². The average molecular weight is 220 g/mol. The molecule has 0 aromatic carbocycles. The van der Waals surface area contributed by atoms with Gasteiger partial charge in [-0.15, -0.1) is 0 Å². The summed E-state index contributed by atoms with van der Waals surface area (Å²) in [4.78, 5) is 2.89. The molecule has 5 nitrogen and oxygen atoms in total. The molecule has 0 fully saturated rings. The van der Waals surface area contributed by atoms with Gasteiger partial charge < -0.3 is 4.55 Å². The lowest BCUT2D eigenvalue weighted by Crippen LogP contribution is -2.22. The van der Waals surface area contributed by atoms with Gasteiger partial charge in [-0.05, 0) is 13.3 Å². The summed E-state index contributed by atoms with van der Waals surface area (Å²) < 4.78 is 32.0. The van der Waals surface area contributed by atoms with Gasteiger partial charge in [0.25, 0.3) is 0 Å². The van der Waals surface area contributed by atoms with E-state index < -0.39 is 15.4 Å². The lowest BCUT2D eigenvalue weighted by molar-refractivity contribution is -0.670. The fourth-order valence-corrected chi connectivity index (χ4v) is 0.977. The van der Waals surface area contributed by atoms with Crippen LogP contribution in [0.4, 0.5) is 0 Å². The number of aryl methyl sites for hydroxylation is 1. The van der Waals surface area contributed by atoms with E-state index in [4.69, 9.17) is 0 Å². The lowest BCUT2D eigenvalue weighted by Gasteiger charge is -2.12. The second-order valence-corrected chi connectivity index (χ2v) is 4.78. The molecule has 0 aliphatic carbocycles. The Balaban J connectivity index is 0.000000249. The monoisotopic (exact) mass is 220 g/mol. The van der Waals surface area contributed by atoms with E-state index in [2.05, 4.69) is 4.98 Å². The molecule has 0 radical (unpaired) electrons. The van der Waals surface area contributed by atoms with Gasteiger partial charge in [-0.25, -0.2) is 13.0 Å². The smallest absolute Gasteiger partial charge is 0.241 e. The maximum Gasteiger partial charge on any atom is 0.241 e. The molecule has 1 N–H and O–H groups in total. The highest BCUT2D eigenvalue weighted by Gasteiger charge is 2.04. The Kier molecular flexibility index (Phi) is 5.40. The van der Waals surface area contributed by atoms with Crippen molar-refractivity contribution < 1.29 is 17.5 Å². The van der Waals surface area contributed by atoms with Gasteiger partial charge in [0, 0.05) is 5.25 Å². The van der Waals surface area contributed by atoms with E-state index in [9.17, 15) is 13.0 Å². The first-order valence-electron chi connectivity index (χ1n) is 4.30. The van der Waals surface area contributed by atoms with Crippen LogP contribution in [0.1, 0.15) is 20.3 Å². The summed E-state index contributed by atoms with van der Waals surface area (Å²) in [6.07, 6.45) is 6.09. The fourth-order valence-electron chi connectivity index (χ4n) is 0.568. The molecule has 1 unspecified atom stereocenters. The molecule has 0 bridgehead atoms. The van der Waals surface area contributed by atoms with Crippen LogP contribution < -0.4 is 4.57 Å². The Morgan fingerprint density at radius 2 is 2.14 bits per heavy atom. The summed E-state index contributed by atoms with van der Waals surface area (Å²) in [5.74, 6) is 0. The van der Waals surface area contributed by atoms with Crippen molar-refractivity contribution >= 4 is 10.1 Å². The van der Waals surface area contributed by atoms with Crippen molar-refractivity contribution in [2.75, 3.05) is 0 Å². The molecule has 1 aromatic heterocycles. The Hall–Kier alpha value is -0.880. The predicted molar refractivity (Wildman–Crippen MR) is 51.4 cm³/mol.